The minimum Gasteiger partial charge on any atom is -0.315 e. The lowest BCUT2D eigenvalue weighted by Crippen LogP contribution is -2.39. The Morgan fingerprint density at radius 2 is 1.00 bits per heavy atom. The summed E-state index contributed by atoms with van der Waals surface area (Å²) in [6.45, 7) is 2.23. The van der Waals surface area contributed by atoms with Crippen LogP contribution in [0.3, 0.4) is 0 Å². The van der Waals surface area contributed by atoms with E-state index in [1.165, 1.54) is 27.8 Å². The minimum atomic E-state index is 0.703. The molecule has 1 fully saturated rings. The maximum atomic E-state index is 3.33. The Hall–Kier alpha value is -2.38. The van der Waals surface area contributed by atoms with E-state index in [0.29, 0.717) is 5.92 Å². The van der Waals surface area contributed by atoms with Gasteiger partial charge in [-0.3, -0.25) is 0 Å². The Bertz CT molecular complexity index is 738. The summed E-state index contributed by atoms with van der Waals surface area (Å²) in [6.07, 6.45) is 0. The highest BCUT2D eigenvalue weighted by Crippen LogP contribution is 2.27. The lowest BCUT2D eigenvalue weighted by atomic mass is 9.92. The molecule has 1 heteroatoms. The van der Waals surface area contributed by atoms with Crippen LogP contribution in [-0.2, 0) is 0 Å². The maximum Gasteiger partial charge on any atom is 0.00885 e. The van der Waals surface area contributed by atoms with E-state index < -0.39 is 0 Å². The highest BCUT2D eigenvalue weighted by Gasteiger charge is 2.18. The fraction of sp³-hybridized carbons (Fsp3) is 0.143. The molecule has 0 saturated carbocycles. The predicted molar refractivity (Wildman–Crippen MR) is 92.9 cm³/mol. The average Bonchev–Trinajstić information content (AvgIpc) is 2.55. The minimum absolute atomic E-state index is 0.703. The van der Waals surface area contributed by atoms with Crippen LogP contribution in [0.4, 0.5) is 0 Å². The van der Waals surface area contributed by atoms with Crippen molar-refractivity contribution in [2.24, 2.45) is 0 Å². The van der Waals surface area contributed by atoms with E-state index >= 15 is 0 Å². The summed E-state index contributed by atoms with van der Waals surface area (Å²) in [6, 6.07) is 28.4. The molecule has 1 saturated heterocycles. The van der Waals surface area contributed by atoms with Gasteiger partial charge in [0.15, 0.2) is 0 Å². The molecule has 1 N–H and O–H groups in total. The molecule has 3 aromatic rings. The summed E-state index contributed by atoms with van der Waals surface area (Å²) in [5.74, 6) is 0.703. The zero-order valence-electron chi connectivity index (χ0n) is 12.5. The second-order valence-electron chi connectivity index (χ2n) is 5.92. The van der Waals surface area contributed by atoms with Crippen LogP contribution in [0.1, 0.15) is 11.5 Å². The molecule has 108 valence electrons. The summed E-state index contributed by atoms with van der Waals surface area (Å²) >= 11 is 0. The summed E-state index contributed by atoms with van der Waals surface area (Å²) in [7, 11) is 0. The molecular weight excluding hydrogens is 266 g/mol. The molecule has 1 heterocycles. The molecule has 22 heavy (non-hydrogen) atoms. The van der Waals surface area contributed by atoms with E-state index in [9.17, 15) is 0 Å². The molecule has 0 spiro atoms. The molecule has 0 amide bonds. The van der Waals surface area contributed by atoms with Crippen LogP contribution >= 0.6 is 0 Å². The van der Waals surface area contributed by atoms with Gasteiger partial charge in [0.25, 0.3) is 0 Å². The first-order valence-electron chi connectivity index (χ1n) is 7.87. The molecule has 4 rings (SSSR count). The molecule has 0 atom stereocenters. The molecular formula is C21H19N. The Balaban J connectivity index is 1.57. The van der Waals surface area contributed by atoms with E-state index in [-0.39, 0.29) is 0 Å². The van der Waals surface area contributed by atoms with Gasteiger partial charge in [-0.1, -0.05) is 78.9 Å². The molecule has 0 aromatic heterocycles. The third-order valence-electron chi connectivity index (χ3n) is 4.49. The van der Waals surface area contributed by atoms with Gasteiger partial charge in [-0.15, -0.1) is 0 Å². The van der Waals surface area contributed by atoms with Crippen LogP contribution in [0, 0.1) is 0 Å². The third kappa shape index (κ3) is 2.56. The van der Waals surface area contributed by atoms with Crippen molar-refractivity contribution < 1.29 is 0 Å². The van der Waals surface area contributed by atoms with Crippen LogP contribution < -0.4 is 5.32 Å². The first kappa shape index (κ1) is 13.3. The zero-order valence-corrected chi connectivity index (χ0v) is 12.5. The van der Waals surface area contributed by atoms with Crippen molar-refractivity contribution >= 4 is 0 Å². The van der Waals surface area contributed by atoms with E-state index in [1.807, 2.05) is 0 Å². The van der Waals surface area contributed by atoms with Gasteiger partial charge in [0.05, 0.1) is 0 Å². The van der Waals surface area contributed by atoms with Gasteiger partial charge >= 0.3 is 0 Å². The van der Waals surface area contributed by atoms with Gasteiger partial charge in [-0.25, -0.2) is 0 Å². The van der Waals surface area contributed by atoms with Crippen molar-refractivity contribution in [1.82, 2.24) is 5.32 Å². The van der Waals surface area contributed by atoms with E-state index in [2.05, 4.69) is 84.2 Å². The molecule has 0 radical (unpaired) electrons. The van der Waals surface area contributed by atoms with Gasteiger partial charge in [0, 0.05) is 19.0 Å². The number of nitrogens with one attached hydrogen (secondary N) is 1. The lowest BCUT2D eigenvalue weighted by molar-refractivity contribution is 0.448. The predicted octanol–water partition coefficient (Wildman–Crippen LogP) is 4.71. The summed E-state index contributed by atoms with van der Waals surface area (Å²) < 4.78 is 0. The van der Waals surface area contributed by atoms with Crippen molar-refractivity contribution in [3.8, 4) is 22.3 Å². The van der Waals surface area contributed by atoms with Crippen molar-refractivity contribution in [1.29, 1.82) is 0 Å². The van der Waals surface area contributed by atoms with Crippen molar-refractivity contribution in [3.63, 3.8) is 0 Å². The lowest BCUT2D eigenvalue weighted by Gasteiger charge is -2.27. The van der Waals surface area contributed by atoms with E-state index in [1.54, 1.807) is 0 Å². The first-order valence-corrected chi connectivity index (χ1v) is 7.87. The fourth-order valence-electron chi connectivity index (χ4n) is 2.96. The highest BCUT2D eigenvalue weighted by atomic mass is 14.9. The van der Waals surface area contributed by atoms with Gasteiger partial charge in [-0.2, -0.15) is 0 Å². The number of rotatable bonds is 3. The van der Waals surface area contributed by atoms with Crippen LogP contribution in [0.25, 0.3) is 22.3 Å². The standard InChI is InChI=1S/C21H19N/c1-2-4-16(5-3-1)17-6-8-18(9-7-17)19-10-12-20(13-11-19)21-14-22-15-21/h1-13,21-22H,14-15H2. The SMILES string of the molecule is c1ccc(-c2ccc(-c3ccc(C4CNC4)cc3)cc2)cc1. The Kier molecular flexibility index (Phi) is 3.49. The molecule has 1 aliphatic rings. The molecule has 1 aliphatic heterocycles. The van der Waals surface area contributed by atoms with Crippen molar-refractivity contribution in [2.45, 2.75) is 5.92 Å². The number of hydrogen-bond donors (Lipinski definition) is 1. The van der Waals surface area contributed by atoms with E-state index in [4.69, 9.17) is 0 Å². The number of hydrogen-bond acceptors (Lipinski definition) is 1. The van der Waals surface area contributed by atoms with Crippen molar-refractivity contribution in [3.05, 3.63) is 84.4 Å². The molecule has 3 aromatic carbocycles. The second kappa shape index (κ2) is 5.78. The topological polar surface area (TPSA) is 12.0 Å². The van der Waals surface area contributed by atoms with Crippen molar-refractivity contribution in [2.75, 3.05) is 13.1 Å². The largest absolute Gasteiger partial charge is 0.315 e. The van der Waals surface area contributed by atoms with Crippen LogP contribution in [0.15, 0.2) is 78.9 Å². The fourth-order valence-corrected chi connectivity index (χ4v) is 2.96. The van der Waals surface area contributed by atoms with Gasteiger partial charge in [-0.05, 0) is 27.8 Å². The second-order valence-corrected chi connectivity index (χ2v) is 5.92. The Morgan fingerprint density at radius 1 is 0.545 bits per heavy atom. The van der Waals surface area contributed by atoms with Crippen LogP contribution in [-0.4, -0.2) is 13.1 Å². The first-order chi connectivity index (χ1) is 10.9. The highest BCUT2D eigenvalue weighted by molar-refractivity contribution is 5.70. The monoisotopic (exact) mass is 285 g/mol. The van der Waals surface area contributed by atoms with Gasteiger partial charge in [0.1, 0.15) is 0 Å². The Labute approximate surface area is 131 Å². The number of benzene rings is 3. The maximum absolute atomic E-state index is 3.33. The smallest absolute Gasteiger partial charge is 0.00885 e. The zero-order chi connectivity index (χ0) is 14.8. The quantitative estimate of drug-likeness (QED) is 0.735. The van der Waals surface area contributed by atoms with Gasteiger partial charge in [0.2, 0.25) is 0 Å². The third-order valence-corrected chi connectivity index (χ3v) is 4.49. The average molecular weight is 285 g/mol. The Morgan fingerprint density at radius 3 is 1.45 bits per heavy atom. The molecule has 0 unspecified atom stereocenters. The normalized spacial score (nSPS) is 14.5. The summed E-state index contributed by atoms with van der Waals surface area (Å²) in [4.78, 5) is 0. The summed E-state index contributed by atoms with van der Waals surface area (Å²) in [5, 5.41) is 3.33. The van der Waals surface area contributed by atoms with E-state index in [0.717, 1.165) is 13.1 Å². The molecule has 1 nitrogen and oxygen atoms in total. The molecule has 0 bridgehead atoms. The van der Waals surface area contributed by atoms with Crippen LogP contribution in [0.5, 0.6) is 0 Å². The van der Waals surface area contributed by atoms with Gasteiger partial charge < -0.3 is 5.32 Å². The summed E-state index contributed by atoms with van der Waals surface area (Å²) in [5.41, 5.74) is 6.54. The van der Waals surface area contributed by atoms with Crippen LogP contribution in [0.2, 0.25) is 0 Å². The molecule has 0 aliphatic carbocycles.